The van der Waals surface area contributed by atoms with E-state index in [4.69, 9.17) is 0 Å². The molecule has 5 aromatic rings. The van der Waals surface area contributed by atoms with Gasteiger partial charge in [0.25, 0.3) is 0 Å². The maximum Gasteiger partial charge on any atom is 0.132 e. The van der Waals surface area contributed by atoms with Gasteiger partial charge in [0.2, 0.25) is 0 Å². The van der Waals surface area contributed by atoms with Crippen LogP contribution in [0.4, 0.5) is 28.4 Å². The van der Waals surface area contributed by atoms with E-state index in [0.29, 0.717) is 23.5 Å². The molecule has 1 aliphatic rings. The molecule has 0 heterocycles. The molecule has 6 N–H and O–H groups in total. The van der Waals surface area contributed by atoms with E-state index in [1.165, 1.54) is 5.56 Å². The van der Waals surface area contributed by atoms with Crippen LogP contribution in [0.5, 0.6) is 11.5 Å². The molecule has 63 heavy (non-hydrogen) atoms. The van der Waals surface area contributed by atoms with Crippen molar-refractivity contribution in [2.75, 3.05) is 45.9 Å². The second-order valence-corrected chi connectivity index (χ2v) is 21.9. The van der Waals surface area contributed by atoms with E-state index in [0.717, 1.165) is 97.9 Å². The van der Waals surface area contributed by atoms with E-state index in [-0.39, 0.29) is 10.8 Å². The van der Waals surface area contributed by atoms with Gasteiger partial charge in [-0.25, -0.2) is 0 Å². The topological polar surface area (TPSA) is 88.6 Å². The largest absolute Gasteiger partial charge is 0.507 e. The monoisotopic (exact) mass is 882 g/mol. The van der Waals surface area contributed by atoms with Gasteiger partial charge < -0.3 is 31.5 Å². The Bertz CT molecular complexity index is 2360. The molecule has 0 radical (unpaired) electrons. The van der Waals surface area contributed by atoms with Gasteiger partial charge in [-0.05, 0) is 127 Å². The average Bonchev–Trinajstić information content (AvgIpc) is 3.24. The molecule has 1 aliphatic carbocycles. The van der Waals surface area contributed by atoms with E-state index in [1.807, 2.05) is 11.8 Å². The van der Waals surface area contributed by atoms with Crippen molar-refractivity contribution in [3.8, 4) is 11.5 Å². The molecule has 0 aromatic heterocycles. The number of nitrogens with one attached hydrogen (secondary N) is 4. The number of hydrogen-bond acceptors (Lipinski definition) is 8. The first-order valence-electron chi connectivity index (χ1n) is 22.5. The molecule has 0 saturated heterocycles. The molecule has 2 unspecified atom stereocenters. The van der Waals surface area contributed by atoms with Gasteiger partial charge in [0.05, 0.1) is 0 Å². The van der Waals surface area contributed by atoms with Crippen LogP contribution in [-0.4, -0.2) is 40.9 Å². The zero-order valence-corrected chi connectivity index (χ0v) is 40.8. The Hall–Kier alpha value is -4.92. The quantitative estimate of drug-likeness (QED) is 0.0383. The fraction of sp³-hybridized carbons (Fsp3) is 0.382. The summed E-state index contributed by atoms with van der Waals surface area (Å²) in [4.78, 5) is 2.13. The highest BCUT2D eigenvalue weighted by atomic mass is 32.2. The maximum absolute atomic E-state index is 11.9. The Morgan fingerprint density at radius 2 is 1.27 bits per heavy atom. The zero-order valence-electron chi connectivity index (χ0n) is 39.2. The minimum absolute atomic E-state index is 0.0984. The first kappa shape index (κ1) is 47.6. The summed E-state index contributed by atoms with van der Waals surface area (Å²) >= 11 is 3.57. The number of allylic oxidation sites excluding steroid dienone is 2. The van der Waals surface area contributed by atoms with Crippen molar-refractivity contribution in [1.29, 1.82) is 0 Å². The minimum Gasteiger partial charge on any atom is -0.507 e. The van der Waals surface area contributed by atoms with Crippen molar-refractivity contribution < 1.29 is 10.2 Å². The predicted molar refractivity (Wildman–Crippen MR) is 276 cm³/mol. The number of hydrogen-bond donors (Lipinski definition) is 6. The Kier molecular flexibility index (Phi) is 15.6. The van der Waals surface area contributed by atoms with Crippen molar-refractivity contribution in [2.24, 2.45) is 5.92 Å². The Balaban J connectivity index is 1.03. The van der Waals surface area contributed by atoms with Crippen molar-refractivity contribution in [2.45, 2.75) is 114 Å². The van der Waals surface area contributed by atoms with Gasteiger partial charge in [0, 0.05) is 91.0 Å². The Morgan fingerprint density at radius 3 is 1.92 bits per heavy atom. The molecule has 0 aliphatic heterocycles. The summed E-state index contributed by atoms with van der Waals surface area (Å²) in [7, 11) is 0. The van der Waals surface area contributed by atoms with Gasteiger partial charge in [-0.3, -0.25) is 0 Å². The number of phenolic OH excluding ortho intramolecular Hbond substituents is 2. The number of rotatable bonds is 18. The van der Waals surface area contributed by atoms with Crippen LogP contribution in [0.1, 0.15) is 103 Å². The lowest BCUT2D eigenvalue weighted by atomic mass is 9.74. The van der Waals surface area contributed by atoms with E-state index in [2.05, 4.69) is 212 Å². The summed E-state index contributed by atoms with van der Waals surface area (Å²) in [5.74, 6) is 3.13. The highest BCUT2D eigenvalue weighted by Crippen LogP contribution is 2.45. The van der Waals surface area contributed by atoms with Crippen LogP contribution in [0.3, 0.4) is 0 Å². The number of benzene rings is 5. The van der Waals surface area contributed by atoms with Crippen molar-refractivity contribution >= 4 is 52.0 Å². The smallest absolute Gasteiger partial charge is 0.132 e. The molecule has 0 amide bonds. The Morgan fingerprint density at radius 1 is 0.651 bits per heavy atom. The standard InChI is InChI=1S/C55H70N4O2S2/c1-37(36-63-50-32-38(2)31-47(52(50)61)53(3,4)5)27-28-56-40-19-25-44(26-20-40)59-45-18-14-15-39(33-45)55(9,10)49-35-46(34-48(51(49)60)54(6,7)8)62-30-29-57-41-21-23-43(24-22-41)58-42-16-12-11-13-17-42/h11-16,18-26,31-35,37,42,56-61H,17,27-30,36H2,1-10H3. The summed E-state index contributed by atoms with van der Waals surface area (Å²) in [6.45, 7) is 23.5. The maximum atomic E-state index is 11.9. The van der Waals surface area contributed by atoms with E-state index in [9.17, 15) is 10.2 Å². The first-order valence-corrected chi connectivity index (χ1v) is 24.5. The second-order valence-electron chi connectivity index (χ2n) is 19.7. The van der Waals surface area contributed by atoms with Crippen LogP contribution in [0.25, 0.3) is 0 Å². The van der Waals surface area contributed by atoms with Crippen LogP contribution < -0.4 is 21.3 Å². The number of thioether (sulfide) groups is 2. The lowest BCUT2D eigenvalue weighted by molar-refractivity contribution is 0.427. The molecule has 0 bridgehead atoms. The van der Waals surface area contributed by atoms with E-state index < -0.39 is 5.41 Å². The number of anilines is 5. The highest BCUT2D eigenvalue weighted by molar-refractivity contribution is 7.99. The summed E-state index contributed by atoms with van der Waals surface area (Å²) < 4.78 is 0. The molecule has 0 fully saturated rings. The third-order valence-electron chi connectivity index (χ3n) is 11.8. The average molecular weight is 883 g/mol. The number of aromatic hydroxyl groups is 2. The first-order chi connectivity index (χ1) is 29.9. The molecular formula is C55H70N4O2S2. The summed E-state index contributed by atoms with van der Waals surface area (Å²) in [6.07, 6.45) is 10.6. The summed E-state index contributed by atoms with van der Waals surface area (Å²) in [5.41, 5.74) is 9.76. The third kappa shape index (κ3) is 13.1. The lowest BCUT2D eigenvalue weighted by Gasteiger charge is -2.31. The second kappa shape index (κ2) is 20.7. The molecule has 6 nitrogen and oxygen atoms in total. The summed E-state index contributed by atoms with van der Waals surface area (Å²) in [6, 6.07) is 34.5. The highest BCUT2D eigenvalue weighted by Gasteiger charge is 2.31. The predicted octanol–water partition coefficient (Wildman–Crippen LogP) is 14.8. The Labute approximate surface area is 386 Å². The van der Waals surface area contributed by atoms with E-state index >= 15 is 0 Å². The number of phenols is 2. The van der Waals surface area contributed by atoms with Gasteiger partial charge in [0.1, 0.15) is 11.5 Å². The molecule has 5 aromatic carbocycles. The van der Waals surface area contributed by atoms with Crippen molar-refractivity contribution in [3.05, 3.63) is 149 Å². The van der Waals surface area contributed by atoms with Gasteiger partial charge in [0.15, 0.2) is 0 Å². The van der Waals surface area contributed by atoms with Crippen LogP contribution >= 0.6 is 23.5 Å². The molecule has 6 rings (SSSR count). The summed E-state index contributed by atoms with van der Waals surface area (Å²) in [5, 5.41) is 37.3. The van der Waals surface area contributed by atoms with Crippen LogP contribution in [0.2, 0.25) is 0 Å². The molecule has 0 saturated carbocycles. The van der Waals surface area contributed by atoms with Gasteiger partial charge in [-0.15, -0.1) is 23.5 Å². The van der Waals surface area contributed by atoms with Crippen LogP contribution in [-0.2, 0) is 16.2 Å². The normalized spacial score (nSPS) is 14.7. The van der Waals surface area contributed by atoms with Gasteiger partial charge in [-0.1, -0.05) is 105 Å². The van der Waals surface area contributed by atoms with Gasteiger partial charge >= 0.3 is 0 Å². The fourth-order valence-electron chi connectivity index (χ4n) is 7.87. The fourth-order valence-corrected chi connectivity index (χ4v) is 9.86. The number of aryl methyl sites for hydroxylation is 1. The molecule has 2 atom stereocenters. The minimum atomic E-state index is -0.463. The lowest BCUT2D eigenvalue weighted by Crippen LogP contribution is -2.22. The molecule has 0 spiro atoms. The van der Waals surface area contributed by atoms with Crippen LogP contribution in [0, 0.1) is 12.8 Å². The van der Waals surface area contributed by atoms with Crippen LogP contribution in [0.15, 0.2) is 131 Å². The van der Waals surface area contributed by atoms with Gasteiger partial charge in [-0.2, -0.15) is 0 Å². The molecule has 334 valence electrons. The van der Waals surface area contributed by atoms with Crippen molar-refractivity contribution in [1.82, 2.24) is 0 Å². The zero-order chi connectivity index (χ0) is 45.4. The van der Waals surface area contributed by atoms with E-state index in [1.54, 1.807) is 11.8 Å². The van der Waals surface area contributed by atoms with Crippen molar-refractivity contribution in [3.63, 3.8) is 0 Å². The SMILES string of the molecule is Cc1cc(SCC(C)CCNc2ccc(Nc3cccc(C(C)(C)c4cc(SCCNc5ccc(NC6C=CC=CC6)cc5)cc(C(C)(C)C)c4O)c3)cc2)c(O)c(C(C)(C)C)c1. The third-order valence-corrected chi connectivity index (χ3v) is 14.1. The molecule has 8 heteroatoms. The molecular weight excluding hydrogens is 813 g/mol.